The van der Waals surface area contributed by atoms with Gasteiger partial charge in [-0.25, -0.2) is 4.79 Å². The lowest BCUT2D eigenvalue weighted by Crippen LogP contribution is -2.07. The van der Waals surface area contributed by atoms with Gasteiger partial charge in [-0.3, -0.25) is 0 Å². The number of hydrogen-bond donors (Lipinski definition) is 0. The Morgan fingerprint density at radius 2 is 2.27 bits per heavy atom. The molecule has 78 valence electrons. The van der Waals surface area contributed by atoms with Crippen LogP contribution in [0.4, 0.5) is 0 Å². The van der Waals surface area contributed by atoms with Crippen molar-refractivity contribution in [3.8, 4) is 6.07 Å². The van der Waals surface area contributed by atoms with Gasteiger partial charge >= 0.3 is 5.97 Å². The molecule has 0 unspecified atom stereocenters. The number of carbonyl (C=O) groups excluding carboxylic acids is 1. The van der Waals surface area contributed by atoms with Crippen LogP contribution < -0.4 is 0 Å². The van der Waals surface area contributed by atoms with E-state index in [1.165, 1.54) is 7.11 Å². The Morgan fingerprint density at radius 3 is 2.73 bits per heavy atom. The van der Waals surface area contributed by atoms with Crippen molar-refractivity contribution >= 4 is 28.6 Å². The smallest absolute Gasteiger partial charge is 0.338 e. The van der Waals surface area contributed by atoms with Gasteiger partial charge in [-0.15, -0.1) is 0 Å². The number of nitrogens with zero attached hydrogens (tertiary/aromatic N) is 1. The van der Waals surface area contributed by atoms with Crippen LogP contribution >= 0.6 is 22.6 Å². The average molecular weight is 315 g/mol. The molecule has 0 N–H and O–H groups in total. The predicted octanol–water partition coefficient (Wildman–Crippen LogP) is 2.51. The molecule has 0 aliphatic carbocycles. The van der Waals surface area contributed by atoms with Gasteiger partial charge in [0, 0.05) is 3.57 Å². The predicted molar refractivity (Wildman–Crippen MR) is 64.6 cm³/mol. The summed E-state index contributed by atoms with van der Waals surface area (Å²) < 4.78 is 5.54. The number of benzene rings is 1. The fourth-order valence-electron chi connectivity index (χ4n) is 1.41. The Morgan fingerprint density at radius 1 is 1.60 bits per heavy atom. The fraction of sp³-hybridized carbons (Fsp3) is 0.273. The standard InChI is InChI=1S/C11H10INO2/c1-3-9-7(6-13)4-8(12)5-10(9)11(14)15-2/h4-5H,3H2,1-2H3. The van der Waals surface area contributed by atoms with Gasteiger partial charge < -0.3 is 4.74 Å². The van der Waals surface area contributed by atoms with E-state index in [9.17, 15) is 4.79 Å². The first kappa shape index (κ1) is 12.0. The van der Waals surface area contributed by atoms with Gasteiger partial charge in [0.1, 0.15) is 0 Å². The van der Waals surface area contributed by atoms with Crippen LogP contribution in [0.5, 0.6) is 0 Å². The zero-order valence-corrected chi connectivity index (χ0v) is 10.7. The van der Waals surface area contributed by atoms with Gasteiger partial charge in [0.05, 0.1) is 24.3 Å². The second-order valence-corrected chi connectivity index (χ2v) is 4.18. The third kappa shape index (κ3) is 2.48. The maximum atomic E-state index is 11.5. The summed E-state index contributed by atoms with van der Waals surface area (Å²) in [5.74, 6) is -0.387. The molecule has 1 aromatic rings. The highest BCUT2D eigenvalue weighted by atomic mass is 127. The van der Waals surface area contributed by atoms with Crippen LogP contribution in [0.1, 0.15) is 28.4 Å². The summed E-state index contributed by atoms with van der Waals surface area (Å²) in [6.45, 7) is 1.91. The van der Waals surface area contributed by atoms with E-state index in [-0.39, 0.29) is 5.97 Å². The van der Waals surface area contributed by atoms with Crippen molar-refractivity contribution in [2.24, 2.45) is 0 Å². The molecule has 0 bridgehead atoms. The van der Waals surface area contributed by atoms with Gasteiger partial charge in [0.25, 0.3) is 0 Å². The number of carbonyl (C=O) groups is 1. The molecule has 3 nitrogen and oxygen atoms in total. The van der Waals surface area contributed by atoms with E-state index in [4.69, 9.17) is 5.26 Å². The molecule has 0 amide bonds. The topological polar surface area (TPSA) is 50.1 Å². The third-order valence-corrected chi connectivity index (χ3v) is 2.72. The number of nitriles is 1. The SMILES string of the molecule is CCc1c(C#N)cc(I)cc1C(=O)OC. The van der Waals surface area contributed by atoms with Crippen LogP contribution in [0, 0.1) is 14.9 Å². The number of methoxy groups -OCH3 is 1. The van der Waals surface area contributed by atoms with Crippen molar-refractivity contribution in [1.29, 1.82) is 5.26 Å². The van der Waals surface area contributed by atoms with Crippen molar-refractivity contribution in [3.63, 3.8) is 0 Å². The van der Waals surface area contributed by atoms with E-state index < -0.39 is 0 Å². The molecule has 0 saturated heterocycles. The monoisotopic (exact) mass is 315 g/mol. The summed E-state index contributed by atoms with van der Waals surface area (Å²) in [7, 11) is 1.34. The van der Waals surface area contributed by atoms with Crippen molar-refractivity contribution in [2.75, 3.05) is 7.11 Å². The summed E-state index contributed by atoms with van der Waals surface area (Å²) in [6, 6.07) is 5.61. The summed E-state index contributed by atoms with van der Waals surface area (Å²) in [4.78, 5) is 11.5. The Bertz CT molecular complexity index is 435. The zero-order chi connectivity index (χ0) is 11.4. The molecule has 15 heavy (non-hydrogen) atoms. The van der Waals surface area contributed by atoms with Crippen LogP contribution in [0.2, 0.25) is 0 Å². The van der Waals surface area contributed by atoms with Crippen LogP contribution in [0.3, 0.4) is 0 Å². The van der Waals surface area contributed by atoms with E-state index in [0.717, 1.165) is 9.13 Å². The zero-order valence-electron chi connectivity index (χ0n) is 8.50. The number of hydrogen-bond acceptors (Lipinski definition) is 3. The van der Waals surface area contributed by atoms with Gasteiger partial charge in [-0.05, 0) is 46.7 Å². The highest BCUT2D eigenvalue weighted by molar-refractivity contribution is 14.1. The van der Waals surface area contributed by atoms with E-state index in [0.29, 0.717) is 17.5 Å². The fourth-order valence-corrected chi connectivity index (χ4v) is 2.03. The Kier molecular flexibility index (Phi) is 4.09. The maximum Gasteiger partial charge on any atom is 0.338 e. The molecule has 0 fully saturated rings. The summed E-state index contributed by atoms with van der Waals surface area (Å²) >= 11 is 2.08. The molecular formula is C11H10INO2. The first-order valence-corrected chi connectivity index (χ1v) is 5.52. The van der Waals surface area contributed by atoms with Crippen molar-refractivity contribution in [1.82, 2.24) is 0 Å². The summed E-state index contributed by atoms with van der Waals surface area (Å²) in [5, 5.41) is 8.95. The first-order chi connectivity index (χ1) is 7.13. The molecule has 0 aliphatic heterocycles. The molecular weight excluding hydrogens is 305 g/mol. The number of halogens is 1. The van der Waals surface area contributed by atoms with Crippen molar-refractivity contribution in [3.05, 3.63) is 32.4 Å². The van der Waals surface area contributed by atoms with Crippen LogP contribution in [0.25, 0.3) is 0 Å². The molecule has 4 heteroatoms. The van der Waals surface area contributed by atoms with E-state index >= 15 is 0 Å². The minimum Gasteiger partial charge on any atom is -0.465 e. The molecule has 0 aromatic heterocycles. The Balaban J connectivity index is 3.43. The molecule has 1 aromatic carbocycles. The lowest BCUT2D eigenvalue weighted by molar-refractivity contribution is 0.0599. The first-order valence-electron chi connectivity index (χ1n) is 4.44. The normalized spacial score (nSPS) is 9.47. The minimum atomic E-state index is -0.387. The number of rotatable bonds is 2. The molecule has 0 saturated carbocycles. The lowest BCUT2D eigenvalue weighted by atomic mass is 10.00. The lowest BCUT2D eigenvalue weighted by Gasteiger charge is -2.08. The second kappa shape index (κ2) is 5.12. The summed E-state index contributed by atoms with van der Waals surface area (Å²) in [6.07, 6.45) is 0.643. The third-order valence-electron chi connectivity index (χ3n) is 2.09. The highest BCUT2D eigenvalue weighted by Crippen LogP contribution is 2.20. The van der Waals surface area contributed by atoms with Crippen molar-refractivity contribution < 1.29 is 9.53 Å². The molecule has 0 heterocycles. The van der Waals surface area contributed by atoms with Gasteiger partial charge in [-0.1, -0.05) is 6.92 Å². The van der Waals surface area contributed by atoms with E-state index in [1.807, 2.05) is 6.92 Å². The Labute approximate surface area is 102 Å². The van der Waals surface area contributed by atoms with Crippen LogP contribution in [-0.2, 0) is 11.2 Å². The number of ether oxygens (including phenoxy) is 1. The minimum absolute atomic E-state index is 0.387. The van der Waals surface area contributed by atoms with E-state index in [1.54, 1.807) is 12.1 Å². The maximum absolute atomic E-state index is 11.5. The second-order valence-electron chi connectivity index (χ2n) is 2.94. The van der Waals surface area contributed by atoms with Gasteiger partial charge in [0.2, 0.25) is 0 Å². The van der Waals surface area contributed by atoms with Crippen LogP contribution in [-0.4, -0.2) is 13.1 Å². The number of esters is 1. The molecule has 0 aliphatic rings. The quantitative estimate of drug-likeness (QED) is 0.622. The molecule has 0 atom stereocenters. The van der Waals surface area contributed by atoms with E-state index in [2.05, 4.69) is 33.4 Å². The molecule has 1 rings (SSSR count). The van der Waals surface area contributed by atoms with Crippen LogP contribution in [0.15, 0.2) is 12.1 Å². The van der Waals surface area contributed by atoms with Gasteiger partial charge in [-0.2, -0.15) is 5.26 Å². The Hall–Kier alpha value is -1.09. The highest BCUT2D eigenvalue weighted by Gasteiger charge is 2.15. The van der Waals surface area contributed by atoms with Crippen molar-refractivity contribution in [2.45, 2.75) is 13.3 Å². The summed E-state index contributed by atoms with van der Waals surface area (Å²) in [5.41, 5.74) is 1.79. The average Bonchev–Trinajstić information content (AvgIpc) is 2.26. The molecule has 0 radical (unpaired) electrons. The van der Waals surface area contributed by atoms with Gasteiger partial charge in [0.15, 0.2) is 0 Å². The molecule has 0 spiro atoms. The largest absolute Gasteiger partial charge is 0.465 e.